The molecule has 0 saturated heterocycles. The van der Waals surface area contributed by atoms with Gasteiger partial charge in [-0.3, -0.25) is 0 Å². The van der Waals surface area contributed by atoms with Gasteiger partial charge in [-0.1, -0.05) is 0 Å². The van der Waals surface area contributed by atoms with Crippen LogP contribution in [0.25, 0.3) is 0 Å². The molecule has 0 bridgehead atoms. The van der Waals surface area contributed by atoms with Crippen LogP contribution >= 0.6 is 0 Å². The number of halogens is 2. The Labute approximate surface area is 110 Å². The number of aliphatic hydroxyl groups is 2. The van der Waals surface area contributed by atoms with E-state index >= 15 is 0 Å². The Hall–Kier alpha value is -1.25. The maximum absolute atomic E-state index is 12.3. The van der Waals surface area contributed by atoms with Gasteiger partial charge >= 0.3 is 5.76 Å². The van der Waals surface area contributed by atoms with Crippen LogP contribution in [0.5, 0.6) is 0 Å². The average Bonchev–Trinajstić information content (AvgIpc) is 2.38. The van der Waals surface area contributed by atoms with E-state index in [0.717, 1.165) is 12.1 Å². The minimum atomic E-state index is -4.59. The van der Waals surface area contributed by atoms with Gasteiger partial charge in [0, 0.05) is 18.8 Å². The third-order valence-corrected chi connectivity index (χ3v) is 3.90. The summed E-state index contributed by atoms with van der Waals surface area (Å²) in [6.45, 7) is 0.219. The molecule has 0 aliphatic carbocycles. The summed E-state index contributed by atoms with van der Waals surface area (Å²) in [5, 5.41) is 17.7. The van der Waals surface area contributed by atoms with Crippen LogP contribution in [0.2, 0.25) is 0 Å². The topological polar surface area (TPSA) is 77.8 Å². The van der Waals surface area contributed by atoms with Crippen molar-refractivity contribution in [1.29, 1.82) is 0 Å². The molecule has 19 heavy (non-hydrogen) atoms. The Balaban J connectivity index is 2.98. The summed E-state index contributed by atoms with van der Waals surface area (Å²) in [5.74, 6) is -3.45. The normalized spacial score (nSPS) is 11.8. The molecular formula is C11H15F2NO4S. The van der Waals surface area contributed by atoms with E-state index in [1.165, 1.54) is 12.1 Å². The SMILES string of the molecule is O=S(=O)(c1ccc(N(CCO)CCO)cc1)C(F)F. The number of rotatable bonds is 7. The van der Waals surface area contributed by atoms with E-state index in [4.69, 9.17) is 10.2 Å². The van der Waals surface area contributed by atoms with Crippen LogP contribution in [-0.4, -0.2) is 50.7 Å². The molecule has 0 saturated carbocycles. The molecule has 0 radical (unpaired) electrons. The molecule has 0 atom stereocenters. The number of sulfone groups is 1. The van der Waals surface area contributed by atoms with Crippen molar-refractivity contribution in [1.82, 2.24) is 0 Å². The van der Waals surface area contributed by atoms with Crippen molar-refractivity contribution < 1.29 is 27.4 Å². The molecule has 8 heteroatoms. The molecule has 0 fully saturated rings. The summed E-state index contributed by atoms with van der Waals surface area (Å²) in [5.41, 5.74) is 0.538. The summed E-state index contributed by atoms with van der Waals surface area (Å²) in [6.07, 6.45) is 0. The van der Waals surface area contributed by atoms with E-state index in [0.29, 0.717) is 5.69 Å². The maximum Gasteiger partial charge on any atom is 0.341 e. The zero-order valence-corrected chi connectivity index (χ0v) is 10.9. The average molecular weight is 295 g/mol. The zero-order valence-electron chi connectivity index (χ0n) is 10.0. The second-order valence-corrected chi connectivity index (χ2v) is 5.65. The molecular weight excluding hydrogens is 280 g/mol. The summed E-state index contributed by atoms with van der Waals surface area (Å²) in [4.78, 5) is 1.15. The van der Waals surface area contributed by atoms with Gasteiger partial charge in [-0.15, -0.1) is 0 Å². The molecule has 0 amide bonds. The highest BCUT2D eigenvalue weighted by molar-refractivity contribution is 7.91. The van der Waals surface area contributed by atoms with Gasteiger partial charge in [-0.2, -0.15) is 8.78 Å². The lowest BCUT2D eigenvalue weighted by atomic mass is 10.3. The largest absolute Gasteiger partial charge is 0.395 e. The Kier molecular flexibility index (Phi) is 5.64. The van der Waals surface area contributed by atoms with Gasteiger partial charge in [0.1, 0.15) is 0 Å². The minimum Gasteiger partial charge on any atom is -0.395 e. The maximum atomic E-state index is 12.3. The first-order valence-corrected chi connectivity index (χ1v) is 7.07. The highest BCUT2D eigenvalue weighted by atomic mass is 32.2. The van der Waals surface area contributed by atoms with Gasteiger partial charge in [0.2, 0.25) is 9.84 Å². The van der Waals surface area contributed by atoms with Crippen LogP contribution in [0.3, 0.4) is 0 Å². The van der Waals surface area contributed by atoms with Crippen molar-refractivity contribution in [2.24, 2.45) is 0 Å². The van der Waals surface area contributed by atoms with Gasteiger partial charge < -0.3 is 15.1 Å². The van der Waals surface area contributed by atoms with Crippen molar-refractivity contribution in [3.63, 3.8) is 0 Å². The number of aliphatic hydroxyl groups excluding tert-OH is 2. The molecule has 1 aromatic rings. The first kappa shape index (κ1) is 15.8. The van der Waals surface area contributed by atoms with Gasteiger partial charge in [0.25, 0.3) is 0 Å². The van der Waals surface area contributed by atoms with Crippen molar-refractivity contribution in [3.05, 3.63) is 24.3 Å². The van der Waals surface area contributed by atoms with Crippen LogP contribution in [-0.2, 0) is 9.84 Å². The first-order valence-electron chi connectivity index (χ1n) is 5.52. The summed E-state index contributed by atoms with van der Waals surface area (Å²) in [7, 11) is -4.59. The van der Waals surface area contributed by atoms with Gasteiger partial charge in [0.05, 0.1) is 18.1 Å². The first-order chi connectivity index (χ1) is 8.93. The fourth-order valence-electron chi connectivity index (χ4n) is 1.56. The third-order valence-electron chi connectivity index (χ3n) is 2.50. The molecule has 0 heterocycles. The molecule has 0 unspecified atom stereocenters. The Morgan fingerprint density at radius 1 is 1.05 bits per heavy atom. The highest BCUT2D eigenvalue weighted by Crippen LogP contribution is 2.22. The molecule has 0 aromatic heterocycles. The van der Waals surface area contributed by atoms with Crippen molar-refractivity contribution in [2.75, 3.05) is 31.2 Å². The Morgan fingerprint density at radius 3 is 1.89 bits per heavy atom. The standard InChI is InChI=1S/C11H15F2NO4S/c12-11(13)19(17,18)10-3-1-9(2-4-10)14(5-7-15)6-8-16/h1-4,11,15-16H,5-8H2. The summed E-state index contributed by atoms with van der Waals surface area (Å²) >= 11 is 0. The minimum absolute atomic E-state index is 0.142. The predicted octanol–water partition coefficient (Wildman–Crippen LogP) is 0.474. The molecule has 0 aliphatic rings. The monoisotopic (exact) mass is 295 g/mol. The second kappa shape index (κ2) is 6.78. The number of hydrogen-bond donors (Lipinski definition) is 2. The highest BCUT2D eigenvalue weighted by Gasteiger charge is 2.26. The van der Waals surface area contributed by atoms with E-state index in [-0.39, 0.29) is 26.3 Å². The lowest BCUT2D eigenvalue weighted by Crippen LogP contribution is -2.29. The van der Waals surface area contributed by atoms with Crippen LogP contribution < -0.4 is 4.90 Å². The molecule has 2 N–H and O–H groups in total. The molecule has 108 valence electrons. The summed E-state index contributed by atoms with van der Waals surface area (Å²) < 4.78 is 47.1. The lowest BCUT2D eigenvalue weighted by molar-refractivity contribution is 0.234. The summed E-state index contributed by atoms with van der Waals surface area (Å²) in [6, 6.07) is 4.89. The van der Waals surface area contributed by atoms with Crippen molar-refractivity contribution in [3.8, 4) is 0 Å². The van der Waals surface area contributed by atoms with Gasteiger partial charge in [-0.05, 0) is 24.3 Å². The van der Waals surface area contributed by atoms with Crippen LogP contribution in [0, 0.1) is 0 Å². The van der Waals surface area contributed by atoms with Crippen LogP contribution in [0.4, 0.5) is 14.5 Å². The van der Waals surface area contributed by atoms with E-state index in [1.807, 2.05) is 0 Å². The number of alkyl halides is 2. The van der Waals surface area contributed by atoms with Gasteiger partial charge in [0.15, 0.2) is 0 Å². The third kappa shape index (κ3) is 3.85. The van der Waals surface area contributed by atoms with E-state index in [2.05, 4.69) is 0 Å². The zero-order chi connectivity index (χ0) is 14.5. The van der Waals surface area contributed by atoms with E-state index in [9.17, 15) is 17.2 Å². The molecule has 0 aliphatic heterocycles. The molecule has 0 spiro atoms. The van der Waals surface area contributed by atoms with Crippen molar-refractivity contribution >= 4 is 15.5 Å². The number of nitrogens with zero attached hydrogens (tertiary/aromatic N) is 1. The van der Waals surface area contributed by atoms with Gasteiger partial charge in [-0.25, -0.2) is 8.42 Å². The predicted molar refractivity (Wildman–Crippen MR) is 66.0 cm³/mol. The van der Waals surface area contributed by atoms with E-state index in [1.54, 1.807) is 4.90 Å². The molecule has 1 aromatic carbocycles. The quantitative estimate of drug-likeness (QED) is 0.765. The molecule has 1 rings (SSSR count). The van der Waals surface area contributed by atoms with Crippen LogP contribution in [0.15, 0.2) is 29.2 Å². The Bertz CT molecular complexity index is 484. The number of benzene rings is 1. The smallest absolute Gasteiger partial charge is 0.341 e. The number of anilines is 1. The lowest BCUT2D eigenvalue weighted by Gasteiger charge is -2.23. The van der Waals surface area contributed by atoms with E-state index < -0.39 is 20.5 Å². The fourth-order valence-corrected chi connectivity index (χ4v) is 2.28. The Morgan fingerprint density at radius 2 is 1.53 bits per heavy atom. The second-order valence-electron chi connectivity index (χ2n) is 3.73. The van der Waals surface area contributed by atoms with Crippen molar-refractivity contribution in [2.45, 2.75) is 10.7 Å². The number of hydrogen-bond acceptors (Lipinski definition) is 5. The fraction of sp³-hybridized carbons (Fsp3) is 0.455. The van der Waals surface area contributed by atoms with Crippen LogP contribution in [0.1, 0.15) is 0 Å². The molecule has 5 nitrogen and oxygen atoms in total.